The van der Waals surface area contributed by atoms with E-state index in [2.05, 4.69) is 35.0 Å². The zero-order chi connectivity index (χ0) is 13.9. The van der Waals surface area contributed by atoms with Gasteiger partial charge in [-0.2, -0.15) is 0 Å². The Morgan fingerprint density at radius 2 is 2.25 bits per heavy atom. The van der Waals surface area contributed by atoms with Crippen LogP contribution in [0.25, 0.3) is 10.9 Å². The van der Waals surface area contributed by atoms with Crippen LogP contribution in [0, 0.1) is 0 Å². The lowest BCUT2D eigenvalue weighted by molar-refractivity contribution is 0.0930. The van der Waals surface area contributed by atoms with Gasteiger partial charge in [0.15, 0.2) is 0 Å². The third kappa shape index (κ3) is 2.25. The fourth-order valence-corrected chi connectivity index (χ4v) is 2.94. The molecule has 2 N–H and O–H groups in total. The summed E-state index contributed by atoms with van der Waals surface area (Å²) in [6.07, 6.45) is 2.99. The van der Waals surface area contributed by atoms with Crippen LogP contribution in [0.4, 0.5) is 5.69 Å². The van der Waals surface area contributed by atoms with Gasteiger partial charge in [-0.3, -0.25) is 4.98 Å². The van der Waals surface area contributed by atoms with Gasteiger partial charge in [0, 0.05) is 30.2 Å². The molecule has 2 aromatic rings. The molecule has 0 spiro atoms. The first-order valence-corrected chi connectivity index (χ1v) is 7.26. The monoisotopic (exact) mass is 271 g/mol. The number of nitrogens with two attached hydrogens (primary N) is 1. The quantitative estimate of drug-likeness (QED) is 0.930. The van der Waals surface area contributed by atoms with Gasteiger partial charge in [0.25, 0.3) is 0 Å². The van der Waals surface area contributed by atoms with E-state index in [-0.39, 0.29) is 0 Å². The number of benzene rings is 1. The first-order chi connectivity index (χ1) is 9.85. The van der Waals surface area contributed by atoms with Crippen molar-refractivity contribution in [3.63, 3.8) is 0 Å². The van der Waals surface area contributed by atoms with Crippen molar-refractivity contribution in [1.29, 1.82) is 0 Å². The van der Waals surface area contributed by atoms with E-state index in [9.17, 15) is 0 Å². The van der Waals surface area contributed by atoms with E-state index in [1.165, 1.54) is 11.1 Å². The number of hydrogen-bond acceptors (Lipinski definition) is 4. The minimum atomic E-state index is 0.417. The predicted octanol–water partition coefficient (Wildman–Crippen LogP) is 2.31. The molecule has 106 valence electrons. The van der Waals surface area contributed by atoms with Crippen LogP contribution in [0.2, 0.25) is 0 Å². The number of morpholine rings is 1. The maximum Gasteiger partial charge on any atom is 0.0723 e. The zero-order valence-corrected chi connectivity index (χ0v) is 11.9. The Morgan fingerprint density at radius 3 is 3.05 bits per heavy atom. The molecule has 1 fully saturated rings. The number of para-hydroxylation sites is 1. The van der Waals surface area contributed by atoms with Gasteiger partial charge in [0.1, 0.15) is 0 Å². The van der Waals surface area contributed by atoms with E-state index in [1.807, 2.05) is 12.3 Å². The van der Waals surface area contributed by atoms with Crippen molar-refractivity contribution in [2.75, 3.05) is 24.7 Å². The molecule has 1 atom stereocenters. The second kappa shape index (κ2) is 5.77. The minimum absolute atomic E-state index is 0.417. The molecule has 0 radical (unpaired) electrons. The van der Waals surface area contributed by atoms with Gasteiger partial charge in [0.2, 0.25) is 0 Å². The van der Waals surface area contributed by atoms with Crippen molar-refractivity contribution in [2.45, 2.75) is 25.9 Å². The van der Waals surface area contributed by atoms with Gasteiger partial charge in [0.05, 0.1) is 30.5 Å². The van der Waals surface area contributed by atoms with Crippen LogP contribution < -0.4 is 10.6 Å². The van der Waals surface area contributed by atoms with Gasteiger partial charge >= 0.3 is 0 Å². The molecule has 1 aliphatic heterocycles. The van der Waals surface area contributed by atoms with Crippen LogP contribution >= 0.6 is 0 Å². The molecule has 4 nitrogen and oxygen atoms in total. The molecule has 1 unspecified atom stereocenters. The molecule has 0 aliphatic carbocycles. The van der Waals surface area contributed by atoms with Crippen molar-refractivity contribution in [2.24, 2.45) is 5.73 Å². The number of aromatic nitrogens is 1. The summed E-state index contributed by atoms with van der Waals surface area (Å²) in [5.74, 6) is 0. The van der Waals surface area contributed by atoms with Crippen molar-refractivity contribution >= 4 is 16.6 Å². The maximum absolute atomic E-state index is 5.94. The summed E-state index contributed by atoms with van der Waals surface area (Å²) in [5.41, 5.74) is 9.32. The van der Waals surface area contributed by atoms with Crippen molar-refractivity contribution < 1.29 is 4.74 Å². The number of nitrogens with zero attached hydrogens (tertiary/aromatic N) is 2. The highest BCUT2D eigenvalue weighted by molar-refractivity contribution is 5.93. The molecule has 0 saturated carbocycles. The maximum atomic E-state index is 5.94. The number of pyridine rings is 1. The number of ether oxygens (including phenoxy) is 1. The van der Waals surface area contributed by atoms with Crippen molar-refractivity contribution in [3.8, 4) is 0 Å². The van der Waals surface area contributed by atoms with E-state index in [0.717, 1.165) is 37.3 Å². The highest BCUT2D eigenvalue weighted by Gasteiger charge is 2.25. The molecule has 1 aliphatic rings. The lowest BCUT2D eigenvalue weighted by atomic mass is 10.0. The zero-order valence-electron chi connectivity index (χ0n) is 11.9. The number of anilines is 1. The van der Waals surface area contributed by atoms with Crippen LogP contribution in [0.3, 0.4) is 0 Å². The number of hydrogen-bond donors (Lipinski definition) is 1. The smallest absolute Gasteiger partial charge is 0.0723 e. The van der Waals surface area contributed by atoms with Gasteiger partial charge in [-0.15, -0.1) is 0 Å². The highest BCUT2D eigenvalue weighted by atomic mass is 16.5. The fourth-order valence-electron chi connectivity index (χ4n) is 2.94. The SMILES string of the molecule is CCC1COCCN1c1c(CN)cnc2ccccc12. The third-order valence-corrected chi connectivity index (χ3v) is 4.03. The molecule has 4 heteroatoms. The largest absolute Gasteiger partial charge is 0.377 e. The number of rotatable bonds is 3. The molecule has 1 saturated heterocycles. The lowest BCUT2D eigenvalue weighted by Crippen LogP contribution is -2.45. The Labute approximate surface area is 119 Å². The molecule has 1 aromatic heterocycles. The topological polar surface area (TPSA) is 51.4 Å². The predicted molar refractivity (Wildman–Crippen MR) is 81.9 cm³/mol. The summed E-state index contributed by atoms with van der Waals surface area (Å²) in [4.78, 5) is 6.97. The highest BCUT2D eigenvalue weighted by Crippen LogP contribution is 2.32. The Balaban J connectivity index is 2.16. The van der Waals surface area contributed by atoms with Gasteiger partial charge in [-0.1, -0.05) is 25.1 Å². The molecule has 0 amide bonds. The summed E-state index contributed by atoms with van der Waals surface area (Å²) < 4.78 is 5.62. The molecule has 1 aromatic carbocycles. The summed E-state index contributed by atoms with van der Waals surface area (Å²) in [6.45, 7) is 5.20. The van der Waals surface area contributed by atoms with Crippen molar-refractivity contribution in [3.05, 3.63) is 36.0 Å². The van der Waals surface area contributed by atoms with Crippen LogP contribution in [-0.2, 0) is 11.3 Å². The number of fused-ring (bicyclic) bond motifs is 1. The molecule has 0 bridgehead atoms. The second-order valence-electron chi connectivity index (χ2n) is 5.18. The minimum Gasteiger partial charge on any atom is -0.377 e. The van der Waals surface area contributed by atoms with E-state index < -0.39 is 0 Å². The van der Waals surface area contributed by atoms with Crippen LogP contribution in [0.1, 0.15) is 18.9 Å². The molecular weight excluding hydrogens is 250 g/mol. The Hall–Kier alpha value is -1.65. The van der Waals surface area contributed by atoms with Crippen LogP contribution in [0.15, 0.2) is 30.5 Å². The second-order valence-corrected chi connectivity index (χ2v) is 5.18. The summed E-state index contributed by atoms with van der Waals surface area (Å²) in [7, 11) is 0. The average Bonchev–Trinajstić information content (AvgIpc) is 2.53. The van der Waals surface area contributed by atoms with Gasteiger partial charge < -0.3 is 15.4 Å². The lowest BCUT2D eigenvalue weighted by Gasteiger charge is -2.38. The normalized spacial score (nSPS) is 19.5. The van der Waals surface area contributed by atoms with Crippen LogP contribution in [-0.4, -0.2) is 30.8 Å². The van der Waals surface area contributed by atoms with Gasteiger partial charge in [-0.25, -0.2) is 0 Å². The van der Waals surface area contributed by atoms with Crippen molar-refractivity contribution in [1.82, 2.24) is 4.98 Å². The first-order valence-electron chi connectivity index (χ1n) is 7.26. The third-order valence-electron chi connectivity index (χ3n) is 4.03. The first kappa shape index (κ1) is 13.3. The van der Waals surface area contributed by atoms with Crippen LogP contribution in [0.5, 0.6) is 0 Å². The summed E-state index contributed by atoms with van der Waals surface area (Å²) >= 11 is 0. The average molecular weight is 271 g/mol. The Morgan fingerprint density at radius 1 is 1.40 bits per heavy atom. The van der Waals surface area contributed by atoms with E-state index in [0.29, 0.717) is 12.6 Å². The van der Waals surface area contributed by atoms with E-state index >= 15 is 0 Å². The summed E-state index contributed by atoms with van der Waals surface area (Å²) in [5, 5.41) is 1.19. The van der Waals surface area contributed by atoms with Gasteiger partial charge in [-0.05, 0) is 12.5 Å². The molecular formula is C16H21N3O. The summed E-state index contributed by atoms with van der Waals surface area (Å²) in [6, 6.07) is 8.70. The fraction of sp³-hybridized carbons (Fsp3) is 0.438. The standard InChI is InChI=1S/C16H21N3O/c1-2-13-11-20-8-7-19(13)16-12(9-17)10-18-15-6-4-3-5-14(15)16/h3-6,10,13H,2,7-9,11,17H2,1H3. The molecule has 2 heterocycles. The molecule has 20 heavy (non-hydrogen) atoms. The van der Waals surface area contributed by atoms with E-state index in [1.54, 1.807) is 0 Å². The Bertz CT molecular complexity index is 599. The van der Waals surface area contributed by atoms with E-state index in [4.69, 9.17) is 10.5 Å². The molecule has 3 rings (SSSR count). The Kier molecular flexibility index (Phi) is 3.85.